The normalized spacial score (nSPS) is 19.4. The summed E-state index contributed by atoms with van der Waals surface area (Å²) >= 11 is 0. The number of anilines is 2. The highest BCUT2D eigenvalue weighted by Crippen LogP contribution is 2.36. The van der Waals surface area contributed by atoms with Gasteiger partial charge in [0.25, 0.3) is 5.91 Å². The van der Waals surface area contributed by atoms with E-state index < -0.39 is 5.60 Å². The average Bonchev–Trinajstić information content (AvgIpc) is 2.95. The predicted octanol–water partition coefficient (Wildman–Crippen LogP) is 3.42. The molecule has 1 atom stereocenters. The maximum Gasteiger partial charge on any atom is 0.251 e. The Hall–Kier alpha value is -3.95. The van der Waals surface area contributed by atoms with Gasteiger partial charge in [0, 0.05) is 43.1 Å². The molecule has 5 rings (SSSR count). The maximum absolute atomic E-state index is 12.6. The van der Waals surface area contributed by atoms with Crippen molar-refractivity contribution in [2.24, 2.45) is 10.7 Å². The van der Waals surface area contributed by atoms with E-state index in [1.807, 2.05) is 55.5 Å². The zero-order chi connectivity index (χ0) is 27.2. The van der Waals surface area contributed by atoms with Gasteiger partial charge in [0.1, 0.15) is 0 Å². The summed E-state index contributed by atoms with van der Waals surface area (Å²) in [5.41, 5.74) is 9.74. The van der Waals surface area contributed by atoms with Gasteiger partial charge in [-0.2, -0.15) is 4.99 Å². The van der Waals surface area contributed by atoms with E-state index in [2.05, 4.69) is 30.8 Å². The number of hydrogen-bond acceptors (Lipinski definition) is 6. The van der Waals surface area contributed by atoms with E-state index in [0.717, 1.165) is 42.9 Å². The third-order valence-electron chi connectivity index (χ3n) is 7.56. The highest BCUT2D eigenvalue weighted by atomic mass is 16.3. The summed E-state index contributed by atoms with van der Waals surface area (Å²) in [5.74, 6) is 0.639. The molecule has 0 bridgehead atoms. The van der Waals surface area contributed by atoms with Gasteiger partial charge in [-0.3, -0.25) is 4.79 Å². The number of carbonyl (C=O) groups excluding carboxylic acids is 1. The summed E-state index contributed by atoms with van der Waals surface area (Å²) in [5, 5.41) is 20.8. The summed E-state index contributed by atoms with van der Waals surface area (Å²) < 4.78 is 0. The van der Waals surface area contributed by atoms with Crippen LogP contribution in [0.4, 0.5) is 17.2 Å². The van der Waals surface area contributed by atoms with Crippen LogP contribution >= 0.6 is 0 Å². The van der Waals surface area contributed by atoms with Crippen LogP contribution in [0.5, 0.6) is 0 Å². The van der Waals surface area contributed by atoms with E-state index in [9.17, 15) is 9.90 Å². The fourth-order valence-corrected chi connectivity index (χ4v) is 5.23. The third kappa shape index (κ3) is 6.55. The fourth-order valence-electron chi connectivity index (χ4n) is 5.23. The molecule has 1 aromatic heterocycles. The van der Waals surface area contributed by atoms with Crippen LogP contribution in [0.1, 0.15) is 47.2 Å². The first-order chi connectivity index (χ1) is 18.9. The maximum atomic E-state index is 12.6. The molecular weight excluding hydrogens is 490 g/mol. The third-order valence-corrected chi connectivity index (χ3v) is 7.56. The minimum absolute atomic E-state index is 0.0779. The van der Waals surface area contributed by atoms with Gasteiger partial charge in [0.15, 0.2) is 11.8 Å². The highest BCUT2D eigenvalue weighted by molar-refractivity contribution is 5.97. The molecule has 204 valence electrons. The van der Waals surface area contributed by atoms with E-state index >= 15 is 0 Å². The van der Waals surface area contributed by atoms with E-state index in [1.54, 1.807) is 18.3 Å². The molecule has 0 radical (unpaired) electrons. The molecule has 3 aromatic rings. The number of pyridine rings is 1. The summed E-state index contributed by atoms with van der Waals surface area (Å²) in [6, 6.07) is 19.3. The first-order valence-electron chi connectivity index (χ1n) is 13.6. The fraction of sp³-hybridized carbons (Fsp3) is 0.367. The molecule has 2 saturated heterocycles. The van der Waals surface area contributed by atoms with Gasteiger partial charge in [0.05, 0.1) is 11.3 Å². The summed E-state index contributed by atoms with van der Waals surface area (Å²) in [4.78, 5) is 23.8. The number of nitrogens with zero attached hydrogens (tertiary/aromatic N) is 3. The van der Waals surface area contributed by atoms with Crippen molar-refractivity contribution in [3.63, 3.8) is 0 Å². The smallest absolute Gasteiger partial charge is 0.251 e. The van der Waals surface area contributed by atoms with Crippen molar-refractivity contribution < 1.29 is 9.90 Å². The van der Waals surface area contributed by atoms with E-state index in [0.29, 0.717) is 37.3 Å². The number of nitrogens with one attached hydrogen (secondary N) is 3. The van der Waals surface area contributed by atoms with Gasteiger partial charge >= 0.3 is 0 Å². The zero-order valence-corrected chi connectivity index (χ0v) is 22.4. The van der Waals surface area contributed by atoms with Gasteiger partial charge in [-0.1, -0.05) is 29.8 Å². The van der Waals surface area contributed by atoms with Crippen LogP contribution in [0.15, 0.2) is 71.9 Å². The van der Waals surface area contributed by atoms with E-state index in [-0.39, 0.29) is 17.9 Å². The molecule has 2 aromatic carbocycles. The molecule has 6 N–H and O–H groups in total. The Morgan fingerprint density at radius 1 is 1.13 bits per heavy atom. The molecular formula is C30H37N7O2. The van der Waals surface area contributed by atoms with Crippen LogP contribution in [0.3, 0.4) is 0 Å². The predicted molar refractivity (Wildman–Crippen MR) is 155 cm³/mol. The molecule has 9 heteroatoms. The number of piperidine rings is 2. The molecule has 2 fully saturated rings. The van der Waals surface area contributed by atoms with Crippen LogP contribution in [-0.4, -0.2) is 54.2 Å². The molecule has 2 aliphatic rings. The number of hydrogen-bond donors (Lipinski definition) is 5. The molecule has 0 spiro atoms. The highest BCUT2D eigenvalue weighted by Gasteiger charge is 2.34. The quantitative estimate of drug-likeness (QED) is 0.245. The van der Waals surface area contributed by atoms with Crippen molar-refractivity contribution in [1.29, 1.82) is 0 Å². The number of guanidine groups is 1. The lowest BCUT2D eigenvalue weighted by atomic mass is 9.84. The Kier molecular flexibility index (Phi) is 8.09. The van der Waals surface area contributed by atoms with Crippen molar-refractivity contribution in [3.8, 4) is 0 Å². The second-order valence-electron chi connectivity index (χ2n) is 10.4. The number of aromatic nitrogens is 1. The second kappa shape index (κ2) is 11.8. The molecule has 1 amide bonds. The minimum Gasteiger partial charge on any atom is -0.385 e. The number of rotatable bonds is 6. The lowest BCUT2D eigenvalue weighted by molar-refractivity contribution is 0.0118. The van der Waals surface area contributed by atoms with Crippen molar-refractivity contribution >= 4 is 29.1 Å². The molecule has 3 heterocycles. The number of aliphatic imine (C=N–C) groups is 1. The number of amides is 1. The van der Waals surface area contributed by atoms with Crippen LogP contribution in [-0.2, 0) is 5.60 Å². The molecule has 9 nitrogen and oxygen atoms in total. The summed E-state index contributed by atoms with van der Waals surface area (Å²) in [6.45, 7) is 5.20. The molecule has 0 unspecified atom stereocenters. The monoisotopic (exact) mass is 527 g/mol. The lowest BCUT2D eigenvalue weighted by Gasteiger charge is -2.39. The molecule has 0 saturated carbocycles. The summed E-state index contributed by atoms with van der Waals surface area (Å²) in [6.07, 6.45) is 4.97. The lowest BCUT2D eigenvalue weighted by Crippen LogP contribution is -2.45. The van der Waals surface area contributed by atoms with Crippen LogP contribution in [0.25, 0.3) is 0 Å². The Morgan fingerprint density at radius 2 is 1.87 bits per heavy atom. The molecule has 39 heavy (non-hydrogen) atoms. The second-order valence-corrected chi connectivity index (χ2v) is 10.4. The van der Waals surface area contributed by atoms with E-state index in [1.165, 1.54) is 5.56 Å². The number of benzene rings is 2. The standard InChI is InChI=1S/C30H37N7O2/c1-21-6-10-23(11-7-21)30(39)14-18-37(19-15-30)26-5-3-17-33-27(26)36-29(31)35-24-12-8-22(9-13-24)28(38)34-25-4-2-16-32-20-25/h3,5-13,17,25,32,39H,2,4,14-16,18-20H2,1H3,(H,34,38)(H3,31,33,35,36)/t25-/m0/s1. The molecule has 0 aliphatic carbocycles. The van der Waals surface area contributed by atoms with Gasteiger partial charge < -0.3 is 31.7 Å². The van der Waals surface area contributed by atoms with Crippen LogP contribution in [0.2, 0.25) is 0 Å². The first-order valence-corrected chi connectivity index (χ1v) is 13.6. The van der Waals surface area contributed by atoms with Gasteiger partial charge in [0.2, 0.25) is 0 Å². The minimum atomic E-state index is -0.840. The Balaban J connectivity index is 1.21. The average molecular weight is 528 g/mol. The molecule has 2 aliphatic heterocycles. The van der Waals surface area contributed by atoms with Gasteiger partial charge in [-0.05, 0) is 81.1 Å². The van der Waals surface area contributed by atoms with E-state index in [4.69, 9.17) is 5.73 Å². The van der Waals surface area contributed by atoms with Crippen LogP contribution < -0.4 is 26.6 Å². The Morgan fingerprint density at radius 3 is 2.56 bits per heavy atom. The summed E-state index contributed by atoms with van der Waals surface area (Å²) in [7, 11) is 0. The van der Waals surface area contributed by atoms with Gasteiger partial charge in [-0.15, -0.1) is 0 Å². The number of carbonyl (C=O) groups is 1. The largest absolute Gasteiger partial charge is 0.385 e. The zero-order valence-electron chi connectivity index (χ0n) is 22.4. The Bertz CT molecular complexity index is 1290. The van der Waals surface area contributed by atoms with Gasteiger partial charge in [-0.25, -0.2) is 4.98 Å². The SMILES string of the molecule is Cc1ccc(C2(O)CCN(c3cccnc3/N=C(\N)Nc3ccc(C(=O)N[C@H]4CCCNC4)cc3)CC2)cc1. The van der Waals surface area contributed by atoms with Crippen molar-refractivity contribution in [3.05, 3.63) is 83.6 Å². The van der Waals surface area contributed by atoms with Crippen molar-refractivity contribution in [2.75, 3.05) is 36.4 Å². The topological polar surface area (TPSA) is 128 Å². The Labute approximate surface area is 229 Å². The number of aliphatic hydroxyl groups is 1. The first kappa shape index (κ1) is 26.6. The van der Waals surface area contributed by atoms with Crippen molar-refractivity contribution in [2.45, 2.75) is 44.2 Å². The van der Waals surface area contributed by atoms with Crippen molar-refractivity contribution in [1.82, 2.24) is 15.6 Å². The number of aryl methyl sites for hydroxylation is 1. The van der Waals surface area contributed by atoms with Crippen LogP contribution in [0, 0.1) is 6.92 Å². The number of nitrogens with two attached hydrogens (primary N) is 1.